The third-order valence-electron chi connectivity index (χ3n) is 3.76. The topological polar surface area (TPSA) is 22.1 Å². The second-order valence-corrected chi connectivity index (χ2v) is 5.56. The number of rotatable bonds is 2. The van der Waals surface area contributed by atoms with Crippen molar-refractivity contribution in [3.05, 3.63) is 59.2 Å². The van der Waals surface area contributed by atoms with Crippen LogP contribution < -0.4 is 4.74 Å². The van der Waals surface area contributed by atoms with Gasteiger partial charge in [-0.1, -0.05) is 29.3 Å². The maximum absolute atomic E-state index is 5.58. The normalized spacial score (nSPS) is 10.9. The zero-order valence-corrected chi connectivity index (χ0v) is 12.9. The molecule has 1 aromatic heterocycles. The van der Waals surface area contributed by atoms with Crippen LogP contribution in [0.4, 0.5) is 0 Å². The van der Waals surface area contributed by atoms with Gasteiger partial charge in [-0.15, -0.1) is 0 Å². The highest BCUT2D eigenvalue weighted by atomic mass is 16.5. The lowest BCUT2D eigenvalue weighted by atomic mass is 10.0. The van der Waals surface area contributed by atoms with Gasteiger partial charge in [-0.25, -0.2) is 4.98 Å². The summed E-state index contributed by atoms with van der Waals surface area (Å²) in [6.45, 7) is 6.31. The van der Waals surface area contributed by atoms with Crippen molar-refractivity contribution in [1.82, 2.24) is 4.98 Å². The maximum Gasteiger partial charge on any atom is 0.145 e. The second kappa shape index (κ2) is 5.21. The Morgan fingerprint density at radius 3 is 2.29 bits per heavy atom. The van der Waals surface area contributed by atoms with Crippen LogP contribution in [-0.2, 0) is 0 Å². The smallest absolute Gasteiger partial charge is 0.145 e. The van der Waals surface area contributed by atoms with Crippen molar-refractivity contribution < 1.29 is 4.74 Å². The van der Waals surface area contributed by atoms with Gasteiger partial charge in [-0.05, 0) is 50.6 Å². The van der Waals surface area contributed by atoms with Crippen molar-refractivity contribution in [3.63, 3.8) is 0 Å². The Labute approximate surface area is 125 Å². The van der Waals surface area contributed by atoms with Gasteiger partial charge in [0.15, 0.2) is 0 Å². The Balaban J connectivity index is 2.30. The van der Waals surface area contributed by atoms with Crippen LogP contribution in [0.5, 0.6) is 5.75 Å². The monoisotopic (exact) mass is 277 g/mol. The molecule has 2 heteroatoms. The fourth-order valence-corrected chi connectivity index (χ4v) is 2.80. The van der Waals surface area contributed by atoms with Crippen LogP contribution >= 0.6 is 0 Å². The van der Waals surface area contributed by atoms with Crippen LogP contribution in [0.25, 0.3) is 22.2 Å². The first-order valence-electron chi connectivity index (χ1n) is 7.11. The van der Waals surface area contributed by atoms with Crippen LogP contribution in [0.2, 0.25) is 0 Å². The molecular formula is C19H19NO. The van der Waals surface area contributed by atoms with Gasteiger partial charge in [-0.3, -0.25) is 0 Å². The average Bonchev–Trinajstić information content (AvgIpc) is 2.45. The number of aryl methyl sites for hydroxylation is 3. The molecule has 2 aromatic carbocycles. The number of fused-ring (bicyclic) bond motifs is 1. The highest BCUT2D eigenvalue weighted by molar-refractivity contribution is 5.87. The van der Waals surface area contributed by atoms with Crippen LogP contribution in [0.3, 0.4) is 0 Å². The Morgan fingerprint density at radius 1 is 0.905 bits per heavy atom. The summed E-state index contributed by atoms with van der Waals surface area (Å²) in [6, 6.07) is 14.8. The molecule has 21 heavy (non-hydrogen) atoms. The van der Waals surface area contributed by atoms with E-state index >= 15 is 0 Å². The molecule has 0 N–H and O–H groups in total. The Hall–Kier alpha value is -2.35. The summed E-state index contributed by atoms with van der Waals surface area (Å²) in [5.74, 6) is 0.821. The van der Waals surface area contributed by atoms with E-state index in [1.807, 2.05) is 12.1 Å². The van der Waals surface area contributed by atoms with Crippen molar-refractivity contribution in [3.8, 4) is 17.0 Å². The minimum atomic E-state index is 0.821. The number of methoxy groups -OCH3 is 1. The van der Waals surface area contributed by atoms with Crippen LogP contribution in [-0.4, -0.2) is 12.1 Å². The van der Waals surface area contributed by atoms with E-state index in [0.29, 0.717) is 0 Å². The molecule has 0 radical (unpaired) electrons. The molecule has 0 saturated heterocycles. The lowest BCUT2D eigenvalue weighted by molar-refractivity contribution is 0.415. The van der Waals surface area contributed by atoms with Gasteiger partial charge in [0.1, 0.15) is 11.4 Å². The lowest BCUT2D eigenvalue weighted by Crippen LogP contribution is -1.94. The highest BCUT2D eigenvalue weighted by Crippen LogP contribution is 2.33. The first-order valence-corrected chi connectivity index (χ1v) is 7.11. The number of aromatic nitrogens is 1. The summed E-state index contributed by atoms with van der Waals surface area (Å²) in [7, 11) is 1.70. The van der Waals surface area contributed by atoms with E-state index in [4.69, 9.17) is 9.72 Å². The van der Waals surface area contributed by atoms with Crippen molar-refractivity contribution in [1.29, 1.82) is 0 Å². The Morgan fingerprint density at radius 2 is 1.62 bits per heavy atom. The predicted molar refractivity (Wildman–Crippen MR) is 87.9 cm³/mol. The van der Waals surface area contributed by atoms with E-state index in [1.165, 1.54) is 16.7 Å². The molecule has 0 aliphatic carbocycles. The Bertz CT molecular complexity index is 801. The van der Waals surface area contributed by atoms with E-state index in [2.05, 4.69) is 51.1 Å². The van der Waals surface area contributed by atoms with Crippen LogP contribution in [0.15, 0.2) is 42.5 Å². The standard InChI is InChI=1S/C19H19NO/c1-12-8-13(2)10-15(9-12)19-18(21-4)11-16-14(3)6-5-7-17(16)20-19/h5-11H,1-4H3. The summed E-state index contributed by atoms with van der Waals surface area (Å²) in [6.07, 6.45) is 0. The van der Waals surface area contributed by atoms with Gasteiger partial charge >= 0.3 is 0 Å². The molecule has 1 heterocycles. The number of nitrogens with zero attached hydrogens (tertiary/aromatic N) is 1. The lowest BCUT2D eigenvalue weighted by Gasteiger charge is -2.12. The molecule has 0 atom stereocenters. The van der Waals surface area contributed by atoms with Gasteiger partial charge in [0, 0.05) is 10.9 Å². The van der Waals surface area contributed by atoms with Crippen molar-refractivity contribution in [2.45, 2.75) is 20.8 Å². The molecule has 0 fully saturated rings. The second-order valence-electron chi connectivity index (χ2n) is 5.56. The van der Waals surface area contributed by atoms with Crippen molar-refractivity contribution >= 4 is 10.9 Å². The summed E-state index contributed by atoms with van der Waals surface area (Å²) < 4.78 is 5.58. The molecule has 0 spiro atoms. The molecule has 106 valence electrons. The molecular weight excluding hydrogens is 258 g/mol. The fraction of sp³-hybridized carbons (Fsp3) is 0.211. The molecule has 0 saturated carbocycles. The summed E-state index contributed by atoms with van der Waals surface area (Å²) in [5, 5.41) is 1.14. The van der Waals surface area contributed by atoms with E-state index in [1.54, 1.807) is 7.11 Å². The molecule has 0 aliphatic rings. The third-order valence-corrected chi connectivity index (χ3v) is 3.76. The van der Waals surface area contributed by atoms with Gasteiger partial charge in [0.25, 0.3) is 0 Å². The van der Waals surface area contributed by atoms with Crippen LogP contribution in [0, 0.1) is 20.8 Å². The SMILES string of the molecule is COc1cc2c(C)cccc2nc1-c1cc(C)cc(C)c1. The molecule has 0 unspecified atom stereocenters. The number of hydrogen-bond donors (Lipinski definition) is 0. The number of hydrogen-bond acceptors (Lipinski definition) is 2. The van der Waals surface area contributed by atoms with E-state index < -0.39 is 0 Å². The Kier molecular flexibility index (Phi) is 3.38. The van der Waals surface area contributed by atoms with Crippen LogP contribution in [0.1, 0.15) is 16.7 Å². The molecule has 3 aromatic rings. The summed E-state index contributed by atoms with van der Waals surface area (Å²) in [5.41, 5.74) is 6.70. The summed E-state index contributed by atoms with van der Waals surface area (Å²) in [4.78, 5) is 4.83. The molecule has 0 amide bonds. The van der Waals surface area contributed by atoms with Gasteiger partial charge in [-0.2, -0.15) is 0 Å². The minimum absolute atomic E-state index is 0.821. The van der Waals surface area contributed by atoms with Crippen molar-refractivity contribution in [2.75, 3.05) is 7.11 Å². The summed E-state index contributed by atoms with van der Waals surface area (Å²) >= 11 is 0. The van der Waals surface area contributed by atoms with E-state index in [0.717, 1.165) is 27.9 Å². The van der Waals surface area contributed by atoms with Crippen molar-refractivity contribution in [2.24, 2.45) is 0 Å². The zero-order chi connectivity index (χ0) is 15.0. The molecule has 0 aliphatic heterocycles. The third kappa shape index (κ3) is 2.49. The van der Waals surface area contributed by atoms with Gasteiger partial charge < -0.3 is 4.74 Å². The largest absolute Gasteiger partial charge is 0.494 e. The average molecular weight is 277 g/mol. The van der Waals surface area contributed by atoms with E-state index in [-0.39, 0.29) is 0 Å². The zero-order valence-electron chi connectivity index (χ0n) is 12.9. The quantitative estimate of drug-likeness (QED) is 0.669. The first-order chi connectivity index (χ1) is 10.1. The minimum Gasteiger partial charge on any atom is -0.494 e. The van der Waals surface area contributed by atoms with E-state index in [9.17, 15) is 0 Å². The number of benzene rings is 2. The maximum atomic E-state index is 5.58. The highest BCUT2D eigenvalue weighted by Gasteiger charge is 2.11. The van der Waals surface area contributed by atoms with Gasteiger partial charge in [0.2, 0.25) is 0 Å². The molecule has 2 nitrogen and oxygen atoms in total. The molecule has 0 bridgehead atoms. The predicted octanol–water partition coefficient (Wildman–Crippen LogP) is 4.84. The first kappa shape index (κ1) is 13.6. The fourth-order valence-electron chi connectivity index (χ4n) is 2.80. The number of pyridine rings is 1. The number of ether oxygens (including phenoxy) is 1. The molecule has 3 rings (SSSR count). The van der Waals surface area contributed by atoms with Gasteiger partial charge in [0.05, 0.1) is 12.6 Å².